The number of hydrogen-bond acceptors (Lipinski definition) is 1. The van der Waals surface area contributed by atoms with Crippen molar-refractivity contribution in [2.75, 3.05) is 5.88 Å². The normalized spacial score (nSPS) is 11.1. The van der Waals surface area contributed by atoms with Crippen molar-refractivity contribution in [3.8, 4) is 5.69 Å². The molecule has 0 spiro atoms. The van der Waals surface area contributed by atoms with Crippen molar-refractivity contribution in [3.05, 3.63) is 59.4 Å². The van der Waals surface area contributed by atoms with Crippen molar-refractivity contribution in [2.24, 2.45) is 0 Å². The second-order valence-corrected chi connectivity index (χ2v) is 5.09. The minimum Gasteiger partial charge on any atom is -0.296 e. The Hall–Kier alpha value is -1.51. The Bertz CT molecular complexity index is 719. The Morgan fingerprint density at radius 2 is 1.89 bits per heavy atom. The number of para-hydroxylation sites is 2. The van der Waals surface area contributed by atoms with E-state index in [1.54, 1.807) is 0 Å². The molecule has 0 radical (unpaired) electrons. The van der Waals surface area contributed by atoms with Gasteiger partial charge in [-0.05, 0) is 30.3 Å². The summed E-state index contributed by atoms with van der Waals surface area (Å²) >= 11 is 12.0. The molecule has 1 heterocycles. The van der Waals surface area contributed by atoms with Crippen molar-refractivity contribution in [2.45, 2.75) is 6.42 Å². The lowest BCUT2D eigenvalue weighted by Gasteiger charge is -2.08. The van der Waals surface area contributed by atoms with Gasteiger partial charge >= 0.3 is 0 Å². The highest BCUT2D eigenvalue weighted by Crippen LogP contribution is 2.23. The molecular weight excluding hydrogens is 279 g/mol. The Labute approximate surface area is 121 Å². The van der Waals surface area contributed by atoms with E-state index in [1.165, 1.54) is 0 Å². The number of hydrogen-bond donors (Lipinski definition) is 0. The molecule has 0 saturated carbocycles. The Morgan fingerprint density at radius 1 is 1.05 bits per heavy atom. The number of nitrogens with zero attached hydrogens (tertiary/aromatic N) is 2. The molecule has 3 rings (SSSR count). The molecule has 1 aromatic heterocycles. The first kappa shape index (κ1) is 12.5. The summed E-state index contributed by atoms with van der Waals surface area (Å²) in [5.74, 6) is 1.50. The molecule has 2 nitrogen and oxygen atoms in total. The number of benzene rings is 2. The number of fused-ring (bicyclic) bond motifs is 1. The van der Waals surface area contributed by atoms with E-state index in [-0.39, 0.29) is 0 Å². The topological polar surface area (TPSA) is 17.8 Å². The Morgan fingerprint density at radius 3 is 2.68 bits per heavy atom. The third kappa shape index (κ3) is 2.34. The Kier molecular flexibility index (Phi) is 3.45. The van der Waals surface area contributed by atoms with Gasteiger partial charge in [0.2, 0.25) is 0 Å². The number of alkyl halides is 1. The summed E-state index contributed by atoms with van der Waals surface area (Å²) < 4.78 is 2.11. The van der Waals surface area contributed by atoms with Crippen molar-refractivity contribution >= 4 is 34.2 Å². The van der Waals surface area contributed by atoms with Gasteiger partial charge in [-0.15, -0.1) is 11.6 Å². The summed E-state index contributed by atoms with van der Waals surface area (Å²) in [7, 11) is 0. The minimum absolute atomic E-state index is 0.546. The molecule has 0 N–H and O–H groups in total. The lowest BCUT2D eigenvalue weighted by molar-refractivity contribution is 0.912. The fourth-order valence-corrected chi connectivity index (χ4v) is 2.58. The average molecular weight is 291 g/mol. The predicted molar refractivity (Wildman–Crippen MR) is 80.5 cm³/mol. The summed E-state index contributed by atoms with van der Waals surface area (Å²) in [6.07, 6.45) is 0.725. The predicted octanol–water partition coefficient (Wildman–Crippen LogP) is 4.46. The van der Waals surface area contributed by atoms with Crippen LogP contribution in [0.1, 0.15) is 5.82 Å². The van der Waals surface area contributed by atoms with Gasteiger partial charge in [0, 0.05) is 23.0 Å². The van der Waals surface area contributed by atoms with Crippen LogP contribution in [0.25, 0.3) is 16.7 Å². The smallest absolute Gasteiger partial charge is 0.115 e. The van der Waals surface area contributed by atoms with Crippen LogP contribution in [0.5, 0.6) is 0 Å². The number of imidazole rings is 1. The lowest BCUT2D eigenvalue weighted by atomic mass is 10.2. The van der Waals surface area contributed by atoms with Crippen molar-refractivity contribution in [1.29, 1.82) is 0 Å². The van der Waals surface area contributed by atoms with Crippen LogP contribution in [0.2, 0.25) is 5.02 Å². The quantitative estimate of drug-likeness (QED) is 0.651. The van der Waals surface area contributed by atoms with Gasteiger partial charge in [0.1, 0.15) is 5.82 Å². The zero-order valence-electron chi connectivity index (χ0n) is 10.2. The van der Waals surface area contributed by atoms with Crippen LogP contribution in [0, 0.1) is 0 Å². The van der Waals surface area contributed by atoms with Gasteiger partial charge in [0.25, 0.3) is 0 Å². The van der Waals surface area contributed by atoms with Crippen molar-refractivity contribution in [3.63, 3.8) is 0 Å². The van der Waals surface area contributed by atoms with Crippen LogP contribution < -0.4 is 0 Å². The molecular formula is C15H12Cl2N2. The van der Waals surface area contributed by atoms with Crippen LogP contribution in [0.15, 0.2) is 48.5 Å². The summed E-state index contributed by atoms with van der Waals surface area (Å²) in [6, 6.07) is 15.8. The van der Waals surface area contributed by atoms with Gasteiger partial charge in [-0.25, -0.2) is 4.98 Å². The van der Waals surface area contributed by atoms with Crippen LogP contribution in [-0.2, 0) is 6.42 Å². The van der Waals surface area contributed by atoms with Gasteiger partial charge in [-0.3, -0.25) is 4.57 Å². The SMILES string of the molecule is ClCCc1nc2ccccc2n1-c1cccc(Cl)c1. The minimum atomic E-state index is 0.546. The maximum atomic E-state index is 6.08. The Balaban J connectivity index is 2.28. The molecule has 0 aliphatic heterocycles. The second-order valence-electron chi connectivity index (χ2n) is 4.27. The molecule has 3 aromatic rings. The maximum absolute atomic E-state index is 6.08. The van der Waals surface area contributed by atoms with E-state index in [4.69, 9.17) is 23.2 Å². The molecule has 0 fully saturated rings. The third-order valence-corrected chi connectivity index (χ3v) is 3.44. The highest BCUT2D eigenvalue weighted by atomic mass is 35.5. The van der Waals surface area contributed by atoms with Gasteiger partial charge in [0.15, 0.2) is 0 Å². The van der Waals surface area contributed by atoms with E-state index in [0.717, 1.165) is 29.0 Å². The molecule has 0 bridgehead atoms. The summed E-state index contributed by atoms with van der Waals surface area (Å²) in [6.45, 7) is 0. The molecule has 0 amide bonds. The highest BCUT2D eigenvalue weighted by molar-refractivity contribution is 6.30. The largest absolute Gasteiger partial charge is 0.296 e. The zero-order chi connectivity index (χ0) is 13.2. The monoisotopic (exact) mass is 290 g/mol. The van der Waals surface area contributed by atoms with E-state index in [2.05, 4.69) is 15.6 Å². The summed E-state index contributed by atoms with van der Waals surface area (Å²) in [5, 5.41) is 0.715. The average Bonchev–Trinajstić information content (AvgIpc) is 2.77. The third-order valence-electron chi connectivity index (χ3n) is 3.01. The van der Waals surface area contributed by atoms with Crippen LogP contribution in [0.4, 0.5) is 0 Å². The fraction of sp³-hybridized carbons (Fsp3) is 0.133. The molecule has 2 aromatic carbocycles. The van der Waals surface area contributed by atoms with Crippen LogP contribution in [-0.4, -0.2) is 15.4 Å². The standard InChI is InChI=1S/C15H12Cl2N2/c16-9-8-15-18-13-6-1-2-7-14(13)19(15)12-5-3-4-11(17)10-12/h1-7,10H,8-9H2. The van der Waals surface area contributed by atoms with E-state index >= 15 is 0 Å². The second kappa shape index (κ2) is 5.24. The molecule has 0 unspecified atom stereocenters. The zero-order valence-corrected chi connectivity index (χ0v) is 11.7. The van der Waals surface area contributed by atoms with Gasteiger partial charge in [-0.2, -0.15) is 0 Å². The van der Waals surface area contributed by atoms with Crippen LogP contribution >= 0.6 is 23.2 Å². The van der Waals surface area contributed by atoms with E-state index in [1.807, 2.05) is 42.5 Å². The molecule has 0 aliphatic carbocycles. The van der Waals surface area contributed by atoms with Crippen molar-refractivity contribution < 1.29 is 0 Å². The van der Waals surface area contributed by atoms with Gasteiger partial charge in [-0.1, -0.05) is 29.8 Å². The lowest BCUT2D eigenvalue weighted by Crippen LogP contribution is -2.02. The number of aryl methyl sites for hydroxylation is 1. The first-order valence-electron chi connectivity index (χ1n) is 6.08. The van der Waals surface area contributed by atoms with Crippen LogP contribution in [0.3, 0.4) is 0 Å². The first-order valence-corrected chi connectivity index (χ1v) is 6.99. The van der Waals surface area contributed by atoms with E-state index in [0.29, 0.717) is 10.9 Å². The molecule has 0 saturated heterocycles. The van der Waals surface area contributed by atoms with Gasteiger partial charge in [0.05, 0.1) is 11.0 Å². The number of aromatic nitrogens is 2. The molecule has 4 heteroatoms. The molecule has 19 heavy (non-hydrogen) atoms. The summed E-state index contributed by atoms with van der Waals surface area (Å²) in [4.78, 5) is 4.64. The maximum Gasteiger partial charge on any atom is 0.115 e. The van der Waals surface area contributed by atoms with Gasteiger partial charge < -0.3 is 0 Å². The highest BCUT2D eigenvalue weighted by Gasteiger charge is 2.11. The summed E-state index contributed by atoms with van der Waals surface area (Å²) in [5.41, 5.74) is 3.06. The van der Waals surface area contributed by atoms with Crippen molar-refractivity contribution in [1.82, 2.24) is 9.55 Å². The molecule has 0 atom stereocenters. The molecule has 96 valence electrons. The fourth-order valence-electron chi connectivity index (χ4n) is 2.23. The first-order chi connectivity index (χ1) is 9.29. The molecule has 0 aliphatic rings. The number of halogens is 2. The number of rotatable bonds is 3. The van der Waals surface area contributed by atoms with E-state index in [9.17, 15) is 0 Å². The van der Waals surface area contributed by atoms with E-state index < -0.39 is 0 Å².